The summed E-state index contributed by atoms with van der Waals surface area (Å²) in [5, 5.41) is 29.8. The van der Waals surface area contributed by atoms with Crippen LogP contribution in [0.5, 0.6) is 0 Å². The predicted molar refractivity (Wildman–Crippen MR) is 35.5 cm³/mol. The third-order valence-corrected chi connectivity index (χ3v) is 1.87. The van der Waals surface area contributed by atoms with E-state index in [0.29, 0.717) is 13.1 Å². The van der Waals surface area contributed by atoms with Crippen LogP contribution in [0.15, 0.2) is 0 Å². The molecule has 1 fully saturated rings. The highest BCUT2D eigenvalue weighted by Gasteiger charge is 2.29. The van der Waals surface area contributed by atoms with Crippen molar-refractivity contribution < 1.29 is 15.3 Å². The summed E-state index contributed by atoms with van der Waals surface area (Å²) in [7, 11) is 0. The average Bonchev–Trinajstić information content (AvgIpc) is 1.95. The van der Waals surface area contributed by atoms with Crippen LogP contribution in [-0.2, 0) is 0 Å². The monoisotopic (exact) mass is 147 g/mol. The van der Waals surface area contributed by atoms with E-state index in [4.69, 9.17) is 10.2 Å². The van der Waals surface area contributed by atoms with E-state index in [1.807, 2.05) is 0 Å². The molecular weight excluding hydrogens is 134 g/mol. The van der Waals surface area contributed by atoms with Crippen LogP contribution in [0.25, 0.3) is 0 Å². The largest absolute Gasteiger partial charge is 0.396 e. The van der Waals surface area contributed by atoms with Crippen LogP contribution in [-0.4, -0.2) is 47.2 Å². The van der Waals surface area contributed by atoms with Gasteiger partial charge >= 0.3 is 0 Å². The summed E-state index contributed by atoms with van der Waals surface area (Å²) >= 11 is 0. The van der Waals surface area contributed by atoms with Gasteiger partial charge in [0.25, 0.3) is 0 Å². The molecule has 0 aliphatic carbocycles. The van der Waals surface area contributed by atoms with E-state index < -0.39 is 12.2 Å². The van der Waals surface area contributed by atoms with E-state index in [1.54, 1.807) is 0 Å². The number of aliphatic hydroxyl groups excluding tert-OH is 3. The fourth-order valence-corrected chi connectivity index (χ4v) is 1.14. The van der Waals surface area contributed by atoms with Crippen molar-refractivity contribution in [2.24, 2.45) is 5.92 Å². The standard InChI is InChI=1S/C6H13NO3/c8-3-4-1-7-2-5(9)6(4)10/h4-10H,1-3H2/t4?,5-,6-/m1/s1. The molecule has 1 aliphatic heterocycles. The number of aliphatic hydroxyl groups is 3. The number of hydrogen-bond acceptors (Lipinski definition) is 4. The molecule has 1 heterocycles. The first-order chi connectivity index (χ1) is 4.75. The van der Waals surface area contributed by atoms with Gasteiger partial charge < -0.3 is 20.6 Å². The molecule has 4 heteroatoms. The second-order valence-electron chi connectivity index (χ2n) is 2.66. The molecule has 4 N–H and O–H groups in total. The molecule has 0 bridgehead atoms. The van der Waals surface area contributed by atoms with Crippen LogP contribution in [0.3, 0.4) is 0 Å². The van der Waals surface area contributed by atoms with E-state index in [1.165, 1.54) is 0 Å². The minimum absolute atomic E-state index is 0.0781. The van der Waals surface area contributed by atoms with Crippen LogP contribution in [0.2, 0.25) is 0 Å². The van der Waals surface area contributed by atoms with Crippen molar-refractivity contribution in [2.75, 3.05) is 19.7 Å². The molecule has 0 aromatic carbocycles. The van der Waals surface area contributed by atoms with Crippen molar-refractivity contribution in [3.8, 4) is 0 Å². The Kier molecular flexibility index (Phi) is 2.62. The molecule has 1 rings (SSSR count). The van der Waals surface area contributed by atoms with E-state index in [2.05, 4.69) is 5.32 Å². The van der Waals surface area contributed by atoms with E-state index in [-0.39, 0.29) is 12.5 Å². The molecule has 4 nitrogen and oxygen atoms in total. The molecule has 1 saturated heterocycles. The molecular formula is C6H13NO3. The van der Waals surface area contributed by atoms with Gasteiger partial charge in [-0.2, -0.15) is 0 Å². The first kappa shape index (κ1) is 7.94. The number of piperidine rings is 1. The Morgan fingerprint density at radius 1 is 1.30 bits per heavy atom. The van der Waals surface area contributed by atoms with Crippen molar-refractivity contribution in [3.63, 3.8) is 0 Å². The predicted octanol–water partition coefficient (Wildman–Crippen LogP) is -2.08. The minimum Gasteiger partial charge on any atom is -0.396 e. The highest BCUT2D eigenvalue weighted by molar-refractivity contribution is 4.83. The lowest BCUT2D eigenvalue weighted by Gasteiger charge is -2.30. The van der Waals surface area contributed by atoms with Gasteiger partial charge in [0.1, 0.15) is 0 Å². The Balaban J connectivity index is 2.42. The second-order valence-corrected chi connectivity index (χ2v) is 2.66. The van der Waals surface area contributed by atoms with Crippen molar-refractivity contribution >= 4 is 0 Å². The molecule has 60 valence electrons. The van der Waals surface area contributed by atoms with Gasteiger partial charge in [-0.25, -0.2) is 0 Å². The smallest absolute Gasteiger partial charge is 0.0927 e. The average molecular weight is 147 g/mol. The Labute approximate surface area is 59.5 Å². The van der Waals surface area contributed by atoms with Gasteiger partial charge in [-0.15, -0.1) is 0 Å². The third kappa shape index (κ3) is 1.46. The van der Waals surface area contributed by atoms with Crippen molar-refractivity contribution in [1.82, 2.24) is 5.32 Å². The molecule has 10 heavy (non-hydrogen) atoms. The minimum atomic E-state index is -0.772. The molecule has 3 atom stereocenters. The zero-order chi connectivity index (χ0) is 7.56. The molecule has 1 aliphatic rings. The van der Waals surface area contributed by atoms with E-state index in [0.717, 1.165) is 0 Å². The summed E-state index contributed by atoms with van der Waals surface area (Å²) in [6.07, 6.45) is -1.50. The summed E-state index contributed by atoms with van der Waals surface area (Å²) in [5.41, 5.74) is 0. The van der Waals surface area contributed by atoms with Crippen molar-refractivity contribution in [3.05, 3.63) is 0 Å². The molecule has 0 radical (unpaired) electrons. The molecule has 0 amide bonds. The lowest BCUT2D eigenvalue weighted by atomic mass is 9.95. The van der Waals surface area contributed by atoms with Crippen molar-refractivity contribution in [2.45, 2.75) is 12.2 Å². The zero-order valence-electron chi connectivity index (χ0n) is 5.70. The highest BCUT2D eigenvalue weighted by Crippen LogP contribution is 2.10. The first-order valence-corrected chi connectivity index (χ1v) is 3.43. The summed E-state index contributed by atoms with van der Waals surface area (Å²) < 4.78 is 0. The van der Waals surface area contributed by atoms with Gasteiger partial charge in [0.05, 0.1) is 12.2 Å². The van der Waals surface area contributed by atoms with Crippen LogP contribution < -0.4 is 5.32 Å². The normalized spacial score (nSPS) is 41.7. The van der Waals surface area contributed by atoms with Gasteiger partial charge in [0.15, 0.2) is 0 Å². The van der Waals surface area contributed by atoms with E-state index >= 15 is 0 Å². The summed E-state index contributed by atoms with van der Waals surface area (Å²) in [4.78, 5) is 0. The SMILES string of the molecule is OCC1CNC[C@@H](O)[C@@H]1O. The van der Waals surface area contributed by atoms with Gasteiger partial charge in [0.2, 0.25) is 0 Å². The molecule has 0 aromatic heterocycles. The third-order valence-electron chi connectivity index (χ3n) is 1.87. The van der Waals surface area contributed by atoms with Crippen LogP contribution in [0, 0.1) is 5.92 Å². The number of hydrogen-bond donors (Lipinski definition) is 4. The quantitative estimate of drug-likeness (QED) is 0.343. The van der Waals surface area contributed by atoms with Gasteiger partial charge in [-0.3, -0.25) is 0 Å². The van der Waals surface area contributed by atoms with Crippen molar-refractivity contribution in [1.29, 1.82) is 0 Å². The van der Waals surface area contributed by atoms with Gasteiger partial charge in [-0.1, -0.05) is 0 Å². The Morgan fingerprint density at radius 3 is 2.50 bits per heavy atom. The van der Waals surface area contributed by atoms with Crippen LogP contribution in [0.1, 0.15) is 0 Å². The lowest BCUT2D eigenvalue weighted by molar-refractivity contribution is -0.0490. The summed E-state index contributed by atoms with van der Waals surface area (Å²) in [5.74, 6) is -0.219. The topological polar surface area (TPSA) is 72.7 Å². The summed E-state index contributed by atoms with van der Waals surface area (Å²) in [6, 6.07) is 0. The highest BCUT2D eigenvalue weighted by atomic mass is 16.3. The molecule has 1 unspecified atom stereocenters. The molecule has 0 aromatic rings. The Morgan fingerprint density at radius 2 is 2.00 bits per heavy atom. The fraction of sp³-hybridized carbons (Fsp3) is 1.00. The first-order valence-electron chi connectivity index (χ1n) is 3.43. The zero-order valence-corrected chi connectivity index (χ0v) is 5.70. The Bertz CT molecular complexity index is 109. The lowest BCUT2D eigenvalue weighted by Crippen LogP contribution is -2.51. The maximum atomic E-state index is 9.19. The Hall–Kier alpha value is -0.160. The molecule has 0 saturated carbocycles. The maximum absolute atomic E-state index is 9.19. The number of β-amino-alcohol motifs (C(OH)–C–C–N with tert-alkyl or cyclic N) is 1. The van der Waals surface area contributed by atoms with Crippen LogP contribution in [0.4, 0.5) is 0 Å². The number of nitrogens with one attached hydrogen (secondary N) is 1. The number of rotatable bonds is 1. The van der Waals surface area contributed by atoms with Crippen LogP contribution >= 0.6 is 0 Å². The van der Waals surface area contributed by atoms with E-state index in [9.17, 15) is 5.11 Å². The fourth-order valence-electron chi connectivity index (χ4n) is 1.14. The van der Waals surface area contributed by atoms with Gasteiger partial charge in [-0.05, 0) is 0 Å². The molecule has 0 spiro atoms. The second kappa shape index (κ2) is 3.30. The maximum Gasteiger partial charge on any atom is 0.0927 e. The summed E-state index contributed by atoms with van der Waals surface area (Å²) in [6.45, 7) is 0.914. The van der Waals surface area contributed by atoms with Gasteiger partial charge in [0, 0.05) is 25.6 Å².